The third kappa shape index (κ3) is 4.39. The third-order valence-electron chi connectivity index (χ3n) is 2.67. The Kier molecular flexibility index (Phi) is 4.86. The van der Waals surface area contributed by atoms with Crippen LogP contribution in [0.25, 0.3) is 0 Å². The summed E-state index contributed by atoms with van der Waals surface area (Å²) in [5, 5.41) is 36.0. The molecular formula is C16H20O4. The Morgan fingerprint density at radius 2 is 1.20 bits per heavy atom. The molecule has 0 heterocycles. The molecule has 20 heavy (non-hydrogen) atoms. The summed E-state index contributed by atoms with van der Waals surface area (Å²) >= 11 is 0. The monoisotopic (exact) mass is 276 g/mol. The van der Waals surface area contributed by atoms with Crippen LogP contribution in [0.1, 0.15) is 26.3 Å². The van der Waals surface area contributed by atoms with E-state index in [-0.39, 0.29) is 28.4 Å². The Morgan fingerprint density at radius 1 is 0.700 bits per heavy atom. The second kappa shape index (κ2) is 6.19. The first kappa shape index (κ1) is 15.7. The predicted octanol–water partition coefficient (Wildman–Crippen LogP) is 3.49. The van der Waals surface area contributed by atoms with E-state index in [0.717, 1.165) is 5.56 Å². The molecule has 0 aliphatic carbocycles. The van der Waals surface area contributed by atoms with Crippen LogP contribution in [0.15, 0.2) is 42.5 Å². The lowest BCUT2D eigenvalue weighted by Gasteiger charge is -2.20. The van der Waals surface area contributed by atoms with Crippen molar-refractivity contribution < 1.29 is 20.4 Å². The minimum atomic E-state index is -0.136. The third-order valence-corrected chi connectivity index (χ3v) is 2.67. The van der Waals surface area contributed by atoms with Crippen LogP contribution in [0, 0.1) is 0 Å². The summed E-state index contributed by atoms with van der Waals surface area (Å²) in [6.07, 6.45) is 0. The lowest BCUT2D eigenvalue weighted by Crippen LogP contribution is -2.10. The van der Waals surface area contributed by atoms with E-state index < -0.39 is 0 Å². The van der Waals surface area contributed by atoms with E-state index in [1.807, 2.05) is 20.8 Å². The number of hydrogen-bond donors (Lipinski definition) is 4. The zero-order valence-corrected chi connectivity index (χ0v) is 11.8. The van der Waals surface area contributed by atoms with Gasteiger partial charge < -0.3 is 20.4 Å². The molecule has 4 nitrogen and oxygen atoms in total. The van der Waals surface area contributed by atoms with Crippen LogP contribution in [0.5, 0.6) is 23.0 Å². The van der Waals surface area contributed by atoms with E-state index in [1.165, 1.54) is 24.3 Å². The van der Waals surface area contributed by atoms with Gasteiger partial charge in [-0.25, -0.2) is 0 Å². The highest BCUT2D eigenvalue weighted by molar-refractivity contribution is 5.42. The summed E-state index contributed by atoms with van der Waals surface area (Å²) in [6.45, 7) is 5.96. The van der Waals surface area contributed by atoms with Gasteiger partial charge in [-0.1, -0.05) is 32.9 Å². The summed E-state index contributed by atoms with van der Waals surface area (Å²) in [5.74, 6) is 0.276. The molecule has 108 valence electrons. The van der Waals surface area contributed by atoms with Crippen molar-refractivity contribution in [1.29, 1.82) is 0 Å². The smallest absolute Gasteiger partial charge is 0.157 e. The van der Waals surface area contributed by atoms with Crippen LogP contribution in [0.3, 0.4) is 0 Å². The first-order chi connectivity index (χ1) is 9.21. The van der Waals surface area contributed by atoms with Crippen LogP contribution < -0.4 is 0 Å². The van der Waals surface area contributed by atoms with Gasteiger partial charge in [0.1, 0.15) is 11.5 Å². The van der Waals surface area contributed by atoms with Crippen molar-refractivity contribution in [3.63, 3.8) is 0 Å². The van der Waals surface area contributed by atoms with Gasteiger partial charge in [0, 0.05) is 5.56 Å². The maximum absolute atomic E-state index is 9.46. The largest absolute Gasteiger partial charge is 0.508 e. The average molecular weight is 276 g/mol. The molecule has 0 aliphatic heterocycles. The normalized spacial score (nSPS) is 10.6. The highest BCUT2D eigenvalue weighted by atomic mass is 16.3. The highest BCUT2D eigenvalue weighted by Gasteiger charge is 2.17. The quantitative estimate of drug-likeness (QED) is 0.438. The highest BCUT2D eigenvalue weighted by Crippen LogP contribution is 2.32. The lowest BCUT2D eigenvalue weighted by molar-refractivity contribution is 0.404. The number of aromatic hydroxyl groups is 4. The van der Waals surface area contributed by atoms with E-state index in [4.69, 9.17) is 10.2 Å². The lowest BCUT2D eigenvalue weighted by atomic mass is 9.86. The van der Waals surface area contributed by atoms with Crippen LogP contribution in [0.2, 0.25) is 0 Å². The maximum atomic E-state index is 9.46. The molecule has 0 bridgehead atoms. The minimum absolute atomic E-state index is 0.0764. The second-order valence-electron chi connectivity index (χ2n) is 5.44. The molecule has 0 radical (unpaired) electrons. The van der Waals surface area contributed by atoms with E-state index in [9.17, 15) is 10.2 Å². The number of rotatable bonds is 0. The van der Waals surface area contributed by atoms with Crippen molar-refractivity contribution in [2.45, 2.75) is 26.2 Å². The summed E-state index contributed by atoms with van der Waals surface area (Å²) in [4.78, 5) is 0. The Hall–Kier alpha value is -2.36. The fourth-order valence-electron chi connectivity index (χ4n) is 1.59. The van der Waals surface area contributed by atoms with E-state index in [0.29, 0.717) is 0 Å². The van der Waals surface area contributed by atoms with Gasteiger partial charge in [-0.15, -0.1) is 0 Å². The Bertz CT molecular complexity index is 550. The standard InChI is InChI=1S/C10H14O2.C6H6O2/c1-10(2,3)8-6-7(11)4-5-9(8)12;7-5-3-1-2-4-6(5)8/h4-6,11-12H,1-3H3;1-4,7-8H. The first-order valence-corrected chi connectivity index (χ1v) is 6.21. The minimum Gasteiger partial charge on any atom is -0.508 e. The van der Waals surface area contributed by atoms with Crippen molar-refractivity contribution in [2.24, 2.45) is 0 Å². The summed E-state index contributed by atoms with van der Waals surface area (Å²) in [6, 6.07) is 10.7. The van der Waals surface area contributed by atoms with Gasteiger partial charge in [-0.3, -0.25) is 0 Å². The van der Waals surface area contributed by atoms with Gasteiger partial charge >= 0.3 is 0 Å². The molecule has 2 rings (SSSR count). The fourth-order valence-corrected chi connectivity index (χ4v) is 1.59. The number of hydrogen-bond acceptors (Lipinski definition) is 4. The van der Waals surface area contributed by atoms with Gasteiger partial charge in [-0.2, -0.15) is 0 Å². The van der Waals surface area contributed by atoms with Gasteiger partial charge in [0.2, 0.25) is 0 Å². The van der Waals surface area contributed by atoms with Crippen molar-refractivity contribution >= 4 is 0 Å². The Morgan fingerprint density at radius 3 is 1.55 bits per heavy atom. The van der Waals surface area contributed by atoms with E-state index in [1.54, 1.807) is 18.2 Å². The molecule has 0 saturated carbocycles. The summed E-state index contributed by atoms with van der Waals surface area (Å²) in [5.41, 5.74) is 0.630. The van der Waals surface area contributed by atoms with Crippen molar-refractivity contribution in [1.82, 2.24) is 0 Å². The second-order valence-corrected chi connectivity index (χ2v) is 5.44. The van der Waals surface area contributed by atoms with Crippen LogP contribution in [0.4, 0.5) is 0 Å². The molecule has 4 heteroatoms. The molecule has 4 N–H and O–H groups in total. The van der Waals surface area contributed by atoms with Crippen molar-refractivity contribution in [3.05, 3.63) is 48.0 Å². The van der Waals surface area contributed by atoms with Crippen molar-refractivity contribution in [2.75, 3.05) is 0 Å². The van der Waals surface area contributed by atoms with Crippen LogP contribution >= 0.6 is 0 Å². The summed E-state index contributed by atoms with van der Waals surface area (Å²) in [7, 11) is 0. The van der Waals surface area contributed by atoms with Crippen LogP contribution in [-0.2, 0) is 5.41 Å². The molecule has 0 aromatic heterocycles. The molecule has 0 atom stereocenters. The first-order valence-electron chi connectivity index (χ1n) is 6.21. The number of phenols is 4. The number of para-hydroxylation sites is 2. The van der Waals surface area contributed by atoms with E-state index >= 15 is 0 Å². The molecule has 2 aromatic carbocycles. The molecule has 0 aliphatic rings. The maximum Gasteiger partial charge on any atom is 0.157 e. The zero-order valence-electron chi connectivity index (χ0n) is 11.8. The predicted molar refractivity (Wildman–Crippen MR) is 78.2 cm³/mol. The van der Waals surface area contributed by atoms with Gasteiger partial charge in [0.25, 0.3) is 0 Å². The average Bonchev–Trinajstić information content (AvgIpc) is 2.35. The van der Waals surface area contributed by atoms with Gasteiger partial charge in [0.05, 0.1) is 0 Å². The van der Waals surface area contributed by atoms with Crippen molar-refractivity contribution in [3.8, 4) is 23.0 Å². The Labute approximate surface area is 118 Å². The number of benzene rings is 2. The van der Waals surface area contributed by atoms with Gasteiger partial charge in [-0.05, 0) is 35.7 Å². The molecule has 0 saturated heterocycles. The molecule has 0 fully saturated rings. The zero-order chi connectivity index (χ0) is 15.3. The SMILES string of the molecule is CC(C)(C)c1cc(O)ccc1O.Oc1ccccc1O. The summed E-state index contributed by atoms with van der Waals surface area (Å²) < 4.78 is 0. The molecule has 2 aromatic rings. The molecule has 0 amide bonds. The van der Waals surface area contributed by atoms with Gasteiger partial charge in [0.15, 0.2) is 11.5 Å². The Balaban J connectivity index is 0.000000217. The van der Waals surface area contributed by atoms with Crippen LogP contribution in [-0.4, -0.2) is 20.4 Å². The van der Waals surface area contributed by atoms with E-state index in [2.05, 4.69) is 0 Å². The number of phenolic OH excluding ortho intramolecular Hbond substituents is 4. The topological polar surface area (TPSA) is 80.9 Å². The molecular weight excluding hydrogens is 256 g/mol. The fraction of sp³-hybridized carbons (Fsp3) is 0.250. The molecule has 0 spiro atoms. The molecule has 0 unspecified atom stereocenters.